The van der Waals surface area contributed by atoms with E-state index in [1.165, 1.54) is 0 Å². The molecule has 0 bridgehead atoms. The number of carbonyl (C=O) groups excluding carboxylic acids is 1. The molecule has 38 heavy (non-hydrogen) atoms. The number of aryl methyl sites for hydroxylation is 1. The number of phenolic OH excluding ortho intramolecular Hbond substituents is 1. The van der Waals surface area contributed by atoms with Gasteiger partial charge < -0.3 is 14.7 Å². The lowest BCUT2D eigenvalue weighted by molar-refractivity contribution is -0.154. The van der Waals surface area contributed by atoms with Crippen LogP contribution in [0.1, 0.15) is 93.9 Å². The van der Waals surface area contributed by atoms with Gasteiger partial charge in [-0.1, -0.05) is 107 Å². The molecular formula is C33H37NO4. The zero-order chi connectivity index (χ0) is 27.6. The number of hydrogen-bond donors (Lipinski definition) is 1. The smallest absolute Gasteiger partial charge is 0.351 e. The quantitative estimate of drug-likeness (QED) is 0.362. The number of hydrogen-bond acceptors (Lipinski definition) is 5. The molecule has 5 nitrogen and oxygen atoms in total. The predicted octanol–water partition coefficient (Wildman–Crippen LogP) is 7.48. The molecule has 2 aliphatic rings. The Morgan fingerprint density at radius 3 is 1.95 bits per heavy atom. The summed E-state index contributed by atoms with van der Waals surface area (Å²) in [7, 11) is 0. The maximum Gasteiger partial charge on any atom is 0.351 e. The lowest BCUT2D eigenvalue weighted by Gasteiger charge is -2.46. The van der Waals surface area contributed by atoms with Crippen LogP contribution in [0.5, 0.6) is 11.5 Å². The molecule has 5 rings (SSSR count). The first-order valence-corrected chi connectivity index (χ1v) is 13.2. The Balaban J connectivity index is 1.88. The molecule has 2 heterocycles. The van der Waals surface area contributed by atoms with Crippen LogP contribution in [-0.2, 0) is 20.5 Å². The van der Waals surface area contributed by atoms with E-state index in [2.05, 4.69) is 58.8 Å². The number of ether oxygens (including phenoxy) is 1. The van der Waals surface area contributed by atoms with Gasteiger partial charge in [-0.05, 0) is 53.0 Å². The molecule has 0 radical (unpaired) electrons. The van der Waals surface area contributed by atoms with Gasteiger partial charge >= 0.3 is 5.97 Å². The molecule has 3 aromatic rings. The number of aromatic hydroxyl groups is 1. The van der Waals surface area contributed by atoms with Crippen molar-refractivity contribution in [3.63, 3.8) is 0 Å². The minimum absolute atomic E-state index is 0.303. The Morgan fingerprint density at radius 2 is 1.42 bits per heavy atom. The van der Waals surface area contributed by atoms with Gasteiger partial charge in [0.2, 0.25) is 0 Å². The van der Waals surface area contributed by atoms with Crippen LogP contribution in [0, 0.1) is 12.3 Å². The van der Waals surface area contributed by atoms with E-state index in [9.17, 15) is 9.90 Å². The van der Waals surface area contributed by atoms with E-state index in [0.717, 1.165) is 39.1 Å². The highest BCUT2D eigenvalue weighted by Gasteiger charge is 2.64. The largest absolute Gasteiger partial charge is 0.507 e. The summed E-state index contributed by atoms with van der Waals surface area (Å²) in [4.78, 5) is 19.4. The lowest BCUT2D eigenvalue weighted by atomic mass is 9.59. The van der Waals surface area contributed by atoms with Crippen LogP contribution in [0.15, 0.2) is 65.8 Å². The first-order chi connectivity index (χ1) is 17.8. The van der Waals surface area contributed by atoms with Crippen LogP contribution >= 0.6 is 0 Å². The third-order valence-electron chi connectivity index (χ3n) is 8.01. The van der Waals surface area contributed by atoms with E-state index in [0.29, 0.717) is 11.5 Å². The van der Waals surface area contributed by atoms with Crippen molar-refractivity contribution in [1.29, 1.82) is 0 Å². The minimum atomic E-state index is -1.22. The van der Waals surface area contributed by atoms with Gasteiger partial charge in [0.15, 0.2) is 5.41 Å². The maximum atomic E-state index is 14.0. The minimum Gasteiger partial charge on any atom is -0.507 e. The van der Waals surface area contributed by atoms with Gasteiger partial charge in [-0.15, -0.1) is 0 Å². The van der Waals surface area contributed by atoms with Crippen molar-refractivity contribution in [3.8, 4) is 11.5 Å². The number of rotatable bonds is 2. The Labute approximate surface area is 225 Å². The molecule has 0 aromatic heterocycles. The van der Waals surface area contributed by atoms with Gasteiger partial charge in [0, 0.05) is 11.5 Å². The molecule has 0 fully saturated rings. The molecule has 1 N–H and O–H groups in total. The first kappa shape index (κ1) is 26.0. The van der Waals surface area contributed by atoms with E-state index < -0.39 is 23.4 Å². The number of fused-ring (bicyclic) bond motifs is 1. The van der Waals surface area contributed by atoms with Crippen LogP contribution < -0.4 is 4.74 Å². The molecule has 198 valence electrons. The van der Waals surface area contributed by atoms with Crippen LogP contribution in [0.2, 0.25) is 0 Å². The van der Waals surface area contributed by atoms with Crippen molar-refractivity contribution in [2.45, 2.75) is 78.2 Å². The van der Waals surface area contributed by atoms with Gasteiger partial charge in [-0.3, -0.25) is 0 Å². The highest BCUT2D eigenvalue weighted by molar-refractivity contribution is 6.11. The molecule has 0 unspecified atom stereocenters. The lowest BCUT2D eigenvalue weighted by Crippen LogP contribution is -2.50. The summed E-state index contributed by atoms with van der Waals surface area (Å²) in [5, 5.41) is 15.7. The average Bonchev–Trinajstić information content (AvgIpc) is 3.12. The standard InChI is InChI=1S/C33H37NO4/c1-19-13-15-21(16-14-19)29-33(20(2)34-38-30(33)36)27(23-11-9-10-12-26(23)37-29)22-17-24(31(3,4)5)28(35)25(18-22)32(6,7)8/h9-18,27,29,35H,1-8H3/t27-,29-,33+/m0/s1. The van der Waals surface area contributed by atoms with E-state index in [1.54, 1.807) is 0 Å². The van der Waals surface area contributed by atoms with Crippen molar-refractivity contribution in [3.05, 3.63) is 94.0 Å². The first-order valence-electron chi connectivity index (χ1n) is 13.2. The summed E-state index contributed by atoms with van der Waals surface area (Å²) >= 11 is 0. The van der Waals surface area contributed by atoms with E-state index in [-0.39, 0.29) is 10.8 Å². The molecule has 0 aliphatic carbocycles. The van der Waals surface area contributed by atoms with E-state index in [1.807, 2.05) is 62.4 Å². The van der Waals surface area contributed by atoms with E-state index in [4.69, 9.17) is 9.57 Å². The molecular weight excluding hydrogens is 474 g/mol. The summed E-state index contributed by atoms with van der Waals surface area (Å²) in [6.07, 6.45) is -0.647. The van der Waals surface area contributed by atoms with Crippen molar-refractivity contribution in [2.24, 2.45) is 10.6 Å². The third-order valence-corrected chi connectivity index (χ3v) is 8.01. The normalized spacial score (nSPS) is 23.1. The second-order valence-corrected chi connectivity index (χ2v) is 12.8. The van der Waals surface area contributed by atoms with Crippen LogP contribution in [0.3, 0.4) is 0 Å². The maximum absolute atomic E-state index is 14.0. The Kier molecular flexibility index (Phi) is 5.97. The summed E-state index contributed by atoms with van der Waals surface area (Å²) in [6.45, 7) is 16.5. The van der Waals surface area contributed by atoms with Crippen LogP contribution in [0.25, 0.3) is 0 Å². The van der Waals surface area contributed by atoms with Crippen LogP contribution in [0.4, 0.5) is 0 Å². The number of carbonyl (C=O) groups is 1. The monoisotopic (exact) mass is 511 g/mol. The van der Waals surface area contributed by atoms with Gasteiger partial charge in [0.1, 0.15) is 17.6 Å². The number of phenols is 1. The van der Waals surface area contributed by atoms with Gasteiger partial charge in [0.05, 0.1) is 5.71 Å². The molecule has 3 aromatic carbocycles. The Morgan fingerprint density at radius 1 is 0.842 bits per heavy atom. The summed E-state index contributed by atoms with van der Waals surface area (Å²) in [5.41, 5.74) is 4.22. The zero-order valence-corrected chi connectivity index (χ0v) is 23.5. The molecule has 5 heteroatoms. The van der Waals surface area contributed by atoms with Crippen molar-refractivity contribution >= 4 is 11.7 Å². The number of nitrogens with zero attached hydrogens (tertiary/aromatic N) is 1. The molecule has 0 saturated carbocycles. The predicted molar refractivity (Wildman–Crippen MR) is 150 cm³/mol. The van der Waals surface area contributed by atoms with Crippen molar-refractivity contribution in [1.82, 2.24) is 0 Å². The second kappa shape index (κ2) is 8.72. The Hall–Kier alpha value is -3.60. The summed E-state index contributed by atoms with van der Waals surface area (Å²) in [5.74, 6) is 0.157. The second-order valence-electron chi connectivity index (χ2n) is 12.8. The molecule has 2 aliphatic heterocycles. The third kappa shape index (κ3) is 3.91. The highest BCUT2D eigenvalue weighted by Crippen LogP contribution is 2.60. The molecule has 0 amide bonds. The Bertz CT molecular complexity index is 1400. The fourth-order valence-electron chi connectivity index (χ4n) is 5.96. The van der Waals surface area contributed by atoms with E-state index >= 15 is 0 Å². The van der Waals surface area contributed by atoms with Gasteiger partial charge in [-0.2, -0.15) is 0 Å². The number of benzene rings is 3. The molecule has 1 spiro atoms. The topological polar surface area (TPSA) is 68.1 Å². The molecule has 3 atom stereocenters. The fraction of sp³-hybridized carbons (Fsp3) is 0.394. The summed E-state index contributed by atoms with van der Waals surface area (Å²) in [6, 6.07) is 20.1. The van der Waals surface area contributed by atoms with Crippen molar-refractivity contribution < 1.29 is 19.5 Å². The van der Waals surface area contributed by atoms with Crippen LogP contribution in [-0.4, -0.2) is 16.8 Å². The highest BCUT2D eigenvalue weighted by atomic mass is 16.7. The zero-order valence-electron chi connectivity index (χ0n) is 23.5. The molecule has 0 saturated heterocycles. The SMILES string of the molecule is CC1=NOC(=O)[C@@]12[C@@H](c1cc(C(C)(C)C)c(O)c(C(C)(C)C)c1)c1ccccc1O[C@H]2c1ccc(C)cc1. The fourth-order valence-corrected chi connectivity index (χ4v) is 5.96. The summed E-state index contributed by atoms with van der Waals surface area (Å²) < 4.78 is 6.68. The van der Waals surface area contributed by atoms with Crippen molar-refractivity contribution in [2.75, 3.05) is 0 Å². The number of oxime groups is 1. The van der Waals surface area contributed by atoms with Gasteiger partial charge in [-0.25, -0.2) is 4.79 Å². The number of para-hydroxylation sites is 1. The van der Waals surface area contributed by atoms with Gasteiger partial charge in [0.25, 0.3) is 0 Å². The average molecular weight is 512 g/mol.